The Balaban J connectivity index is 1.75. The van der Waals surface area contributed by atoms with Crippen LogP contribution in [0.2, 0.25) is 0 Å². The first-order chi connectivity index (χ1) is 7.88. The number of aromatic nitrogens is 2. The molecule has 4 nitrogen and oxygen atoms in total. The Labute approximate surface area is 95.8 Å². The van der Waals surface area contributed by atoms with E-state index in [1.807, 2.05) is 7.05 Å². The van der Waals surface area contributed by atoms with Gasteiger partial charge in [-0.15, -0.1) is 0 Å². The van der Waals surface area contributed by atoms with Crippen molar-refractivity contribution in [3.63, 3.8) is 0 Å². The maximum Gasteiger partial charge on any atom is 0.231 e. The Morgan fingerprint density at radius 2 is 2.00 bits per heavy atom. The second-order valence-electron chi connectivity index (χ2n) is 5.05. The molecule has 0 bridgehead atoms. The number of hydrogen-bond donors (Lipinski definition) is 1. The van der Waals surface area contributed by atoms with E-state index in [0.29, 0.717) is 17.9 Å². The molecule has 2 saturated carbocycles. The van der Waals surface area contributed by atoms with E-state index in [1.54, 1.807) is 0 Å². The quantitative estimate of drug-likeness (QED) is 0.850. The molecule has 3 rings (SSSR count). The van der Waals surface area contributed by atoms with E-state index < -0.39 is 0 Å². The van der Waals surface area contributed by atoms with E-state index in [-0.39, 0.29) is 0 Å². The molecule has 1 aromatic rings. The van der Waals surface area contributed by atoms with Crippen LogP contribution >= 0.6 is 0 Å². The van der Waals surface area contributed by atoms with Gasteiger partial charge in [-0.05, 0) is 32.7 Å². The third-order valence-electron chi connectivity index (χ3n) is 4.13. The topological polar surface area (TPSA) is 51.0 Å². The van der Waals surface area contributed by atoms with E-state index >= 15 is 0 Å². The lowest BCUT2D eigenvalue weighted by molar-refractivity contribution is 0.322. The van der Waals surface area contributed by atoms with Crippen molar-refractivity contribution in [1.29, 1.82) is 0 Å². The summed E-state index contributed by atoms with van der Waals surface area (Å²) >= 11 is 0. The van der Waals surface area contributed by atoms with Crippen molar-refractivity contribution >= 4 is 0 Å². The molecule has 2 unspecified atom stereocenters. The number of likely N-dealkylation sites (N-methyl/N-ethyl adjacent to an activating group) is 1. The van der Waals surface area contributed by atoms with Crippen molar-refractivity contribution in [2.24, 2.45) is 0 Å². The summed E-state index contributed by atoms with van der Waals surface area (Å²) in [6.45, 7) is 0. The number of nitrogens with zero attached hydrogens (tertiary/aromatic N) is 2. The summed E-state index contributed by atoms with van der Waals surface area (Å²) in [6.07, 6.45) is 7.45. The van der Waals surface area contributed by atoms with Crippen LogP contribution in [0, 0.1) is 0 Å². The highest BCUT2D eigenvalue weighted by Crippen LogP contribution is 2.37. The molecular weight excluding hydrogens is 202 g/mol. The molecule has 2 aliphatic rings. The van der Waals surface area contributed by atoms with E-state index in [0.717, 1.165) is 11.7 Å². The van der Waals surface area contributed by atoms with Crippen LogP contribution in [0.4, 0.5) is 0 Å². The zero-order valence-corrected chi connectivity index (χ0v) is 9.78. The Morgan fingerprint density at radius 3 is 2.69 bits per heavy atom. The lowest BCUT2D eigenvalue weighted by atomic mass is 9.85. The van der Waals surface area contributed by atoms with E-state index in [2.05, 4.69) is 15.5 Å². The summed E-state index contributed by atoms with van der Waals surface area (Å²) < 4.78 is 5.44. The predicted molar refractivity (Wildman–Crippen MR) is 60.3 cm³/mol. The molecule has 0 saturated heterocycles. The standard InChI is InChI=1S/C12H19N3O/c1-13-10-7-3-6-9(10)12-14-11(15-16-12)8-4-2-5-8/h8-10,13H,2-7H2,1H3. The fraction of sp³-hybridized carbons (Fsp3) is 0.833. The molecule has 0 radical (unpaired) electrons. The number of hydrogen-bond acceptors (Lipinski definition) is 4. The molecule has 0 aliphatic heterocycles. The first-order valence-corrected chi connectivity index (χ1v) is 6.39. The van der Waals surface area contributed by atoms with Gasteiger partial charge >= 0.3 is 0 Å². The molecular formula is C12H19N3O. The van der Waals surface area contributed by atoms with Gasteiger partial charge in [-0.2, -0.15) is 4.98 Å². The van der Waals surface area contributed by atoms with Crippen LogP contribution in [0.3, 0.4) is 0 Å². The molecule has 16 heavy (non-hydrogen) atoms. The van der Waals surface area contributed by atoms with Gasteiger partial charge in [0.15, 0.2) is 5.82 Å². The Morgan fingerprint density at radius 1 is 1.19 bits per heavy atom. The van der Waals surface area contributed by atoms with Crippen LogP contribution in [-0.4, -0.2) is 23.2 Å². The van der Waals surface area contributed by atoms with E-state index in [9.17, 15) is 0 Å². The van der Waals surface area contributed by atoms with Crippen LogP contribution in [0.5, 0.6) is 0 Å². The highest BCUT2D eigenvalue weighted by molar-refractivity contribution is 5.06. The average molecular weight is 221 g/mol. The third kappa shape index (κ3) is 1.65. The fourth-order valence-corrected chi connectivity index (χ4v) is 2.83. The van der Waals surface area contributed by atoms with Crippen LogP contribution in [0.15, 0.2) is 4.52 Å². The van der Waals surface area contributed by atoms with Crippen molar-refractivity contribution in [3.8, 4) is 0 Å². The Hall–Kier alpha value is -0.900. The SMILES string of the molecule is CNC1CCCC1c1nc(C2CCC2)no1. The highest BCUT2D eigenvalue weighted by Gasteiger charge is 2.33. The molecule has 0 amide bonds. The van der Waals surface area contributed by atoms with Crippen molar-refractivity contribution < 1.29 is 4.52 Å². The van der Waals surface area contributed by atoms with Crippen LogP contribution in [0.25, 0.3) is 0 Å². The van der Waals surface area contributed by atoms with Crippen molar-refractivity contribution in [2.45, 2.75) is 56.4 Å². The average Bonchev–Trinajstić information content (AvgIpc) is 2.81. The highest BCUT2D eigenvalue weighted by atomic mass is 16.5. The minimum atomic E-state index is 0.436. The predicted octanol–water partition coefficient (Wildman–Crippen LogP) is 2.19. The molecule has 1 aromatic heterocycles. The monoisotopic (exact) mass is 221 g/mol. The lowest BCUT2D eigenvalue weighted by Crippen LogP contribution is -2.27. The molecule has 1 heterocycles. The Bertz CT molecular complexity index is 359. The second kappa shape index (κ2) is 4.17. The molecule has 4 heteroatoms. The maximum absolute atomic E-state index is 5.44. The maximum atomic E-state index is 5.44. The van der Waals surface area contributed by atoms with Crippen molar-refractivity contribution in [3.05, 3.63) is 11.7 Å². The summed E-state index contributed by atoms with van der Waals surface area (Å²) in [5.74, 6) is 2.82. The zero-order valence-electron chi connectivity index (χ0n) is 9.78. The van der Waals surface area contributed by atoms with Crippen molar-refractivity contribution in [2.75, 3.05) is 7.05 Å². The van der Waals surface area contributed by atoms with Gasteiger partial charge in [0.25, 0.3) is 0 Å². The summed E-state index contributed by atoms with van der Waals surface area (Å²) in [5.41, 5.74) is 0. The van der Waals surface area contributed by atoms with Gasteiger partial charge < -0.3 is 9.84 Å². The molecule has 0 aromatic carbocycles. The van der Waals surface area contributed by atoms with Gasteiger partial charge in [-0.25, -0.2) is 0 Å². The van der Waals surface area contributed by atoms with Gasteiger partial charge in [0.1, 0.15) is 0 Å². The zero-order chi connectivity index (χ0) is 11.0. The van der Waals surface area contributed by atoms with E-state index in [4.69, 9.17) is 4.52 Å². The van der Waals surface area contributed by atoms with E-state index in [1.165, 1.54) is 38.5 Å². The fourth-order valence-electron chi connectivity index (χ4n) is 2.83. The molecule has 1 N–H and O–H groups in total. The Kier molecular flexibility index (Phi) is 2.67. The largest absolute Gasteiger partial charge is 0.339 e. The summed E-state index contributed by atoms with van der Waals surface area (Å²) in [7, 11) is 2.02. The number of nitrogens with one attached hydrogen (secondary N) is 1. The van der Waals surface area contributed by atoms with Gasteiger partial charge in [0.05, 0.1) is 5.92 Å². The lowest BCUT2D eigenvalue weighted by Gasteiger charge is -2.21. The minimum absolute atomic E-state index is 0.436. The molecule has 88 valence electrons. The first-order valence-electron chi connectivity index (χ1n) is 6.39. The summed E-state index contributed by atoms with van der Waals surface area (Å²) in [4.78, 5) is 4.59. The summed E-state index contributed by atoms with van der Waals surface area (Å²) in [5, 5.41) is 7.49. The number of rotatable bonds is 3. The minimum Gasteiger partial charge on any atom is -0.339 e. The molecule has 2 fully saturated rings. The molecule has 2 aliphatic carbocycles. The van der Waals surface area contributed by atoms with Crippen molar-refractivity contribution in [1.82, 2.24) is 15.5 Å². The third-order valence-corrected chi connectivity index (χ3v) is 4.13. The van der Waals surface area contributed by atoms with Gasteiger partial charge in [-0.3, -0.25) is 0 Å². The van der Waals surface area contributed by atoms with Crippen LogP contribution in [0.1, 0.15) is 62.1 Å². The van der Waals surface area contributed by atoms with Gasteiger partial charge in [-0.1, -0.05) is 18.0 Å². The van der Waals surface area contributed by atoms with Gasteiger partial charge in [0.2, 0.25) is 5.89 Å². The molecule has 2 atom stereocenters. The molecule has 0 spiro atoms. The summed E-state index contributed by atoms with van der Waals surface area (Å²) in [6, 6.07) is 0.523. The van der Waals surface area contributed by atoms with Crippen LogP contribution < -0.4 is 5.32 Å². The van der Waals surface area contributed by atoms with Crippen LogP contribution in [-0.2, 0) is 0 Å². The van der Waals surface area contributed by atoms with Gasteiger partial charge in [0, 0.05) is 12.0 Å². The normalized spacial score (nSPS) is 30.6. The second-order valence-corrected chi connectivity index (χ2v) is 5.05. The first kappa shape index (κ1) is 10.3. The smallest absolute Gasteiger partial charge is 0.231 e.